The molecule has 2 aromatic rings. The Labute approximate surface area is 203 Å². The molecule has 7 nitrogen and oxygen atoms in total. The van der Waals surface area contributed by atoms with Crippen LogP contribution in [0.25, 0.3) is 0 Å². The number of hydrogen-bond donors (Lipinski definition) is 1. The zero-order valence-corrected chi connectivity index (χ0v) is 20.8. The van der Waals surface area contributed by atoms with Crippen molar-refractivity contribution < 1.29 is 18.3 Å². The van der Waals surface area contributed by atoms with E-state index in [0.29, 0.717) is 23.9 Å². The number of piperidine rings is 1. The molecule has 0 aliphatic carbocycles. The molecule has 184 valence electrons. The van der Waals surface area contributed by atoms with Gasteiger partial charge in [-0.25, -0.2) is 17.5 Å². The number of rotatable bonds is 8. The Morgan fingerprint density at radius 2 is 1.71 bits per heavy atom. The van der Waals surface area contributed by atoms with Crippen molar-refractivity contribution in [1.29, 1.82) is 0 Å². The van der Waals surface area contributed by atoms with E-state index in [4.69, 9.17) is 0 Å². The van der Waals surface area contributed by atoms with Crippen molar-refractivity contribution in [2.75, 3.05) is 39.8 Å². The molecule has 1 N–H and O–H groups in total. The number of carbonyl (C=O) groups is 1. The van der Waals surface area contributed by atoms with Crippen LogP contribution in [0.4, 0.5) is 4.79 Å². The quantitative estimate of drug-likeness (QED) is 0.616. The number of likely N-dealkylation sites (tertiary alicyclic amines) is 2. The molecule has 8 heteroatoms. The van der Waals surface area contributed by atoms with Crippen LogP contribution in [0.2, 0.25) is 0 Å². The van der Waals surface area contributed by atoms with Gasteiger partial charge in [-0.1, -0.05) is 55.5 Å². The monoisotopic (exact) mass is 485 g/mol. The molecule has 3 atom stereocenters. The fourth-order valence-electron chi connectivity index (χ4n) is 5.61. The lowest BCUT2D eigenvalue weighted by molar-refractivity contribution is 0.0928. The maximum absolute atomic E-state index is 13.2. The third kappa shape index (κ3) is 5.14. The number of hydrogen-bond acceptors (Lipinski definition) is 4. The van der Waals surface area contributed by atoms with E-state index < -0.39 is 16.1 Å². The van der Waals surface area contributed by atoms with Gasteiger partial charge in [0, 0.05) is 44.7 Å². The fraction of sp³-hybridized carbons (Fsp3) is 0.500. The molecule has 0 saturated carbocycles. The average molecular weight is 486 g/mol. The van der Waals surface area contributed by atoms with E-state index in [1.54, 1.807) is 36.2 Å². The van der Waals surface area contributed by atoms with Gasteiger partial charge in [-0.2, -0.15) is 0 Å². The third-order valence-electron chi connectivity index (χ3n) is 7.64. The summed E-state index contributed by atoms with van der Waals surface area (Å²) in [7, 11) is -1.93. The summed E-state index contributed by atoms with van der Waals surface area (Å²) in [6.07, 6.45) is 1.79. The Kier molecular flexibility index (Phi) is 7.31. The fourth-order valence-corrected chi connectivity index (χ4v) is 6.93. The van der Waals surface area contributed by atoms with Gasteiger partial charge in [-0.15, -0.1) is 0 Å². The van der Waals surface area contributed by atoms with E-state index in [1.807, 2.05) is 24.3 Å². The molecule has 4 rings (SSSR count). The molecule has 34 heavy (non-hydrogen) atoms. The number of sulfonamides is 1. The zero-order valence-electron chi connectivity index (χ0n) is 20.0. The molecule has 0 bridgehead atoms. The van der Waals surface area contributed by atoms with Gasteiger partial charge in [0.2, 0.25) is 10.0 Å². The van der Waals surface area contributed by atoms with E-state index in [1.165, 1.54) is 4.31 Å². The lowest BCUT2D eigenvalue weighted by atomic mass is 9.79. The first kappa shape index (κ1) is 24.7. The van der Waals surface area contributed by atoms with Gasteiger partial charge < -0.3 is 14.9 Å². The highest BCUT2D eigenvalue weighted by atomic mass is 32.2. The highest BCUT2D eigenvalue weighted by molar-refractivity contribution is 7.89. The summed E-state index contributed by atoms with van der Waals surface area (Å²) < 4.78 is 27.9. The number of fused-ring (bicyclic) bond motifs is 1. The predicted octanol–water partition coefficient (Wildman–Crippen LogP) is 3.73. The highest BCUT2D eigenvalue weighted by Gasteiger charge is 2.41. The summed E-state index contributed by atoms with van der Waals surface area (Å²) in [4.78, 5) is 15.8. The number of carboxylic acid groups (broad SMARTS) is 1. The second kappa shape index (κ2) is 10.1. The molecule has 0 spiro atoms. The van der Waals surface area contributed by atoms with Crippen molar-refractivity contribution in [2.45, 2.75) is 42.5 Å². The summed E-state index contributed by atoms with van der Waals surface area (Å²) >= 11 is 0. The minimum absolute atomic E-state index is 0.136. The number of likely N-dealkylation sites (N-methyl/N-ethyl adjacent to an activating group) is 1. The van der Waals surface area contributed by atoms with Crippen LogP contribution in [-0.2, 0) is 15.4 Å². The normalized spacial score (nSPS) is 23.0. The van der Waals surface area contributed by atoms with Crippen LogP contribution in [-0.4, -0.2) is 79.5 Å². The van der Waals surface area contributed by atoms with Crippen LogP contribution < -0.4 is 0 Å². The summed E-state index contributed by atoms with van der Waals surface area (Å²) in [5, 5.41) is 9.44. The highest BCUT2D eigenvalue weighted by Crippen LogP contribution is 2.34. The van der Waals surface area contributed by atoms with Gasteiger partial charge in [0.25, 0.3) is 0 Å². The molecular weight excluding hydrogens is 450 g/mol. The molecule has 2 saturated heterocycles. The molecule has 0 radical (unpaired) electrons. The molecule has 2 aromatic carbocycles. The first-order valence-electron chi connectivity index (χ1n) is 12.0. The van der Waals surface area contributed by atoms with E-state index >= 15 is 0 Å². The molecule has 0 aromatic heterocycles. The first-order valence-corrected chi connectivity index (χ1v) is 13.4. The average Bonchev–Trinajstić information content (AvgIpc) is 3.27. The second-order valence-corrected chi connectivity index (χ2v) is 12.0. The van der Waals surface area contributed by atoms with Gasteiger partial charge in [-0.05, 0) is 49.4 Å². The molecule has 1 amide bonds. The van der Waals surface area contributed by atoms with Crippen molar-refractivity contribution in [3.63, 3.8) is 0 Å². The van der Waals surface area contributed by atoms with Gasteiger partial charge in [-0.3, -0.25) is 0 Å². The van der Waals surface area contributed by atoms with Gasteiger partial charge in [0.15, 0.2) is 0 Å². The predicted molar refractivity (Wildman–Crippen MR) is 132 cm³/mol. The van der Waals surface area contributed by atoms with Crippen molar-refractivity contribution in [2.24, 2.45) is 5.92 Å². The zero-order chi connectivity index (χ0) is 24.3. The van der Waals surface area contributed by atoms with Crippen LogP contribution in [0.3, 0.4) is 0 Å². The first-order chi connectivity index (χ1) is 16.2. The Bertz CT molecular complexity index is 1080. The van der Waals surface area contributed by atoms with Crippen LogP contribution in [0.15, 0.2) is 65.6 Å². The minimum atomic E-state index is -3.59. The van der Waals surface area contributed by atoms with Gasteiger partial charge >= 0.3 is 6.09 Å². The van der Waals surface area contributed by atoms with Gasteiger partial charge in [0.1, 0.15) is 0 Å². The second-order valence-electron chi connectivity index (χ2n) is 9.93. The van der Waals surface area contributed by atoms with E-state index in [2.05, 4.69) is 24.0 Å². The number of benzene rings is 2. The Hall–Kier alpha value is -2.42. The van der Waals surface area contributed by atoms with Crippen molar-refractivity contribution in [3.8, 4) is 0 Å². The maximum Gasteiger partial charge on any atom is 0.407 e. The Morgan fingerprint density at radius 3 is 2.35 bits per heavy atom. The molecule has 2 heterocycles. The van der Waals surface area contributed by atoms with Crippen LogP contribution >= 0.6 is 0 Å². The Morgan fingerprint density at radius 1 is 1.06 bits per heavy atom. The van der Waals surface area contributed by atoms with E-state index in [-0.39, 0.29) is 11.5 Å². The Balaban J connectivity index is 1.47. The maximum atomic E-state index is 13.2. The van der Waals surface area contributed by atoms with E-state index in [9.17, 15) is 18.3 Å². The number of nitrogens with zero attached hydrogens (tertiary/aromatic N) is 3. The summed E-state index contributed by atoms with van der Waals surface area (Å²) in [6.45, 7) is 5.77. The van der Waals surface area contributed by atoms with Crippen LogP contribution in [0.5, 0.6) is 0 Å². The lowest BCUT2D eigenvalue weighted by Gasteiger charge is -2.40. The van der Waals surface area contributed by atoms with Crippen molar-refractivity contribution in [3.05, 3.63) is 66.2 Å². The molecule has 2 aliphatic rings. The molecule has 2 fully saturated rings. The third-order valence-corrected chi connectivity index (χ3v) is 9.46. The largest absolute Gasteiger partial charge is 0.465 e. The molecule has 2 aliphatic heterocycles. The standard InChI is InChI=1S/C26H35N3O4S/c1-26(22-9-5-3-6-10-22,20-27(2)34(32,33)23-11-7-4-8-12-23)15-18-28-16-14-24-21(19-28)13-17-29(24)25(30)31/h3-12,21,24H,13-20H2,1-2H3,(H,30,31)/t21-,24+,26-/m1/s1. The summed E-state index contributed by atoms with van der Waals surface area (Å²) in [5.74, 6) is 0.383. The van der Waals surface area contributed by atoms with Crippen LogP contribution in [0.1, 0.15) is 31.7 Å². The smallest absolute Gasteiger partial charge is 0.407 e. The van der Waals surface area contributed by atoms with Crippen molar-refractivity contribution >= 4 is 16.1 Å². The number of amides is 1. The molecule has 0 unspecified atom stereocenters. The minimum Gasteiger partial charge on any atom is -0.465 e. The lowest BCUT2D eigenvalue weighted by Crippen LogP contribution is -2.48. The summed E-state index contributed by atoms with van der Waals surface area (Å²) in [5.41, 5.74) is 0.759. The topological polar surface area (TPSA) is 81.2 Å². The van der Waals surface area contributed by atoms with Crippen LogP contribution in [0, 0.1) is 5.92 Å². The molecular formula is C26H35N3O4S. The van der Waals surface area contributed by atoms with Crippen molar-refractivity contribution in [1.82, 2.24) is 14.1 Å². The van der Waals surface area contributed by atoms with Gasteiger partial charge in [0.05, 0.1) is 4.90 Å². The SMILES string of the molecule is CN(C[C@@](C)(CCN1CC[C@H]2[C@H](CCN2C(=O)O)C1)c1ccccc1)S(=O)(=O)c1ccccc1. The summed E-state index contributed by atoms with van der Waals surface area (Å²) in [6, 6.07) is 18.9. The van der Waals surface area contributed by atoms with E-state index in [0.717, 1.165) is 44.5 Å².